The van der Waals surface area contributed by atoms with Crippen LogP contribution in [-0.4, -0.2) is 10.2 Å². The minimum Gasteiger partial charge on any atom is -0.249 e. The minimum absolute atomic E-state index is 0.614. The molecular formula is C11H16BrNS. The molecule has 1 atom stereocenters. The van der Waals surface area contributed by atoms with Crippen molar-refractivity contribution in [2.75, 3.05) is 0 Å². The average Bonchev–Trinajstić information content (AvgIpc) is 2.11. The number of aromatic nitrogens is 1. The van der Waals surface area contributed by atoms with Gasteiger partial charge >= 0.3 is 0 Å². The highest BCUT2D eigenvalue weighted by atomic mass is 79.9. The molecule has 0 amide bonds. The van der Waals surface area contributed by atoms with Crippen molar-refractivity contribution in [3.63, 3.8) is 0 Å². The molecule has 1 rings (SSSR count). The number of rotatable bonds is 3. The van der Waals surface area contributed by atoms with E-state index in [0.29, 0.717) is 11.2 Å². The average molecular weight is 274 g/mol. The fraction of sp³-hybridized carbons (Fsp3) is 0.545. The molecule has 14 heavy (non-hydrogen) atoms. The number of thioether (sulfide) groups is 1. The molecule has 0 aromatic carbocycles. The van der Waals surface area contributed by atoms with Gasteiger partial charge in [0.2, 0.25) is 0 Å². The van der Waals surface area contributed by atoms with Crippen molar-refractivity contribution in [1.82, 2.24) is 4.98 Å². The fourth-order valence-corrected chi connectivity index (χ4v) is 2.13. The summed E-state index contributed by atoms with van der Waals surface area (Å²) >= 11 is 5.30. The normalized spacial score (nSPS) is 13.3. The molecule has 1 unspecified atom stereocenters. The molecule has 0 aliphatic carbocycles. The topological polar surface area (TPSA) is 12.9 Å². The lowest BCUT2D eigenvalue weighted by molar-refractivity contribution is 0.641. The molecule has 0 saturated heterocycles. The first-order valence-electron chi connectivity index (χ1n) is 4.79. The van der Waals surface area contributed by atoms with E-state index in [2.05, 4.69) is 54.7 Å². The summed E-state index contributed by atoms with van der Waals surface area (Å²) in [6.45, 7) is 8.82. The van der Waals surface area contributed by atoms with Crippen molar-refractivity contribution in [2.24, 2.45) is 5.92 Å². The molecule has 0 aliphatic rings. The van der Waals surface area contributed by atoms with Crippen molar-refractivity contribution in [3.05, 3.63) is 22.3 Å². The molecule has 1 aromatic heterocycles. The van der Waals surface area contributed by atoms with E-state index >= 15 is 0 Å². The maximum atomic E-state index is 4.38. The van der Waals surface area contributed by atoms with Gasteiger partial charge in [-0.25, -0.2) is 4.98 Å². The summed E-state index contributed by atoms with van der Waals surface area (Å²) in [5, 5.41) is 1.73. The Kier molecular flexibility index (Phi) is 4.45. The predicted molar refractivity (Wildman–Crippen MR) is 66.8 cm³/mol. The third kappa shape index (κ3) is 3.28. The monoisotopic (exact) mass is 273 g/mol. The zero-order chi connectivity index (χ0) is 10.7. The SMILES string of the molecule is Cc1cc(SC(C)C(C)C)ncc1Br. The third-order valence-electron chi connectivity index (χ3n) is 2.27. The zero-order valence-corrected chi connectivity index (χ0v) is 11.4. The first kappa shape index (κ1) is 12.1. The Hall–Kier alpha value is -0.0200. The van der Waals surface area contributed by atoms with Crippen LogP contribution in [0, 0.1) is 12.8 Å². The van der Waals surface area contributed by atoms with Gasteiger partial charge in [0.25, 0.3) is 0 Å². The van der Waals surface area contributed by atoms with Gasteiger partial charge in [0.1, 0.15) is 0 Å². The van der Waals surface area contributed by atoms with E-state index in [-0.39, 0.29) is 0 Å². The first-order valence-corrected chi connectivity index (χ1v) is 6.46. The van der Waals surface area contributed by atoms with Crippen molar-refractivity contribution in [2.45, 2.75) is 38.0 Å². The van der Waals surface area contributed by atoms with Crippen LogP contribution in [0.25, 0.3) is 0 Å². The Balaban J connectivity index is 2.73. The Morgan fingerprint density at radius 3 is 2.50 bits per heavy atom. The van der Waals surface area contributed by atoms with Crippen molar-refractivity contribution < 1.29 is 0 Å². The summed E-state index contributed by atoms with van der Waals surface area (Å²) in [4.78, 5) is 4.38. The van der Waals surface area contributed by atoms with E-state index in [4.69, 9.17) is 0 Å². The van der Waals surface area contributed by atoms with Crippen LogP contribution in [0.4, 0.5) is 0 Å². The van der Waals surface area contributed by atoms with E-state index in [0.717, 1.165) is 9.50 Å². The summed E-state index contributed by atoms with van der Waals surface area (Å²) in [5.74, 6) is 0.686. The van der Waals surface area contributed by atoms with Gasteiger partial charge in [-0.15, -0.1) is 11.8 Å². The van der Waals surface area contributed by atoms with Crippen molar-refractivity contribution >= 4 is 27.7 Å². The maximum Gasteiger partial charge on any atom is 0.0966 e. The maximum absolute atomic E-state index is 4.38. The van der Waals surface area contributed by atoms with E-state index in [1.165, 1.54) is 5.56 Å². The number of hydrogen-bond donors (Lipinski definition) is 0. The van der Waals surface area contributed by atoms with Gasteiger partial charge in [0, 0.05) is 15.9 Å². The second kappa shape index (κ2) is 5.17. The van der Waals surface area contributed by atoms with Gasteiger partial charge in [-0.1, -0.05) is 20.8 Å². The summed E-state index contributed by atoms with van der Waals surface area (Å²) < 4.78 is 1.08. The van der Waals surface area contributed by atoms with E-state index in [9.17, 15) is 0 Å². The molecule has 0 radical (unpaired) electrons. The second-order valence-corrected chi connectivity index (χ2v) is 6.09. The van der Waals surface area contributed by atoms with Crippen molar-refractivity contribution in [1.29, 1.82) is 0 Å². The highest BCUT2D eigenvalue weighted by Gasteiger charge is 2.10. The lowest BCUT2D eigenvalue weighted by Crippen LogP contribution is -2.05. The number of pyridine rings is 1. The largest absolute Gasteiger partial charge is 0.249 e. The molecule has 0 N–H and O–H groups in total. The van der Waals surface area contributed by atoms with Crippen molar-refractivity contribution in [3.8, 4) is 0 Å². The molecule has 0 saturated carbocycles. The van der Waals surface area contributed by atoms with Gasteiger partial charge < -0.3 is 0 Å². The van der Waals surface area contributed by atoms with Gasteiger partial charge in [-0.3, -0.25) is 0 Å². The third-order valence-corrected chi connectivity index (χ3v) is 4.48. The Morgan fingerprint density at radius 2 is 2.00 bits per heavy atom. The zero-order valence-electron chi connectivity index (χ0n) is 9.04. The Bertz CT molecular complexity index is 312. The van der Waals surface area contributed by atoms with Crippen LogP contribution in [0.2, 0.25) is 0 Å². The first-order chi connectivity index (χ1) is 6.50. The standard InChI is InChI=1S/C11H16BrNS/c1-7(2)9(4)14-11-5-8(3)10(12)6-13-11/h5-7,9H,1-4H3. The quantitative estimate of drug-likeness (QED) is 0.763. The number of halogens is 1. The smallest absolute Gasteiger partial charge is 0.0966 e. The van der Waals surface area contributed by atoms with Crippen LogP contribution in [0.15, 0.2) is 21.8 Å². The molecule has 0 aliphatic heterocycles. The molecule has 1 nitrogen and oxygen atoms in total. The Labute approximate surface area is 98.8 Å². The lowest BCUT2D eigenvalue weighted by atomic mass is 10.2. The molecule has 0 spiro atoms. The molecule has 3 heteroatoms. The van der Waals surface area contributed by atoms with Crippen LogP contribution in [0.1, 0.15) is 26.3 Å². The van der Waals surface area contributed by atoms with Crippen LogP contribution in [0.3, 0.4) is 0 Å². The van der Waals surface area contributed by atoms with Crippen LogP contribution < -0.4 is 0 Å². The van der Waals surface area contributed by atoms with Gasteiger partial charge in [0.15, 0.2) is 0 Å². The van der Waals surface area contributed by atoms with Crippen LogP contribution in [0.5, 0.6) is 0 Å². The fourth-order valence-electron chi connectivity index (χ4n) is 0.905. The van der Waals surface area contributed by atoms with E-state index < -0.39 is 0 Å². The van der Waals surface area contributed by atoms with Crippen LogP contribution >= 0.6 is 27.7 Å². The highest BCUT2D eigenvalue weighted by molar-refractivity contribution is 9.10. The lowest BCUT2D eigenvalue weighted by Gasteiger charge is -2.14. The summed E-state index contributed by atoms with van der Waals surface area (Å²) in [6.07, 6.45) is 1.88. The molecule has 78 valence electrons. The summed E-state index contributed by atoms with van der Waals surface area (Å²) in [5.41, 5.74) is 1.25. The summed E-state index contributed by atoms with van der Waals surface area (Å²) in [7, 11) is 0. The molecule has 0 bridgehead atoms. The van der Waals surface area contributed by atoms with Crippen LogP contribution in [-0.2, 0) is 0 Å². The van der Waals surface area contributed by atoms with Gasteiger partial charge in [-0.2, -0.15) is 0 Å². The van der Waals surface area contributed by atoms with E-state index in [1.807, 2.05) is 18.0 Å². The number of hydrogen-bond acceptors (Lipinski definition) is 2. The van der Waals surface area contributed by atoms with Gasteiger partial charge in [-0.05, 0) is 40.4 Å². The summed E-state index contributed by atoms with van der Waals surface area (Å²) in [6, 6.07) is 2.13. The number of aryl methyl sites for hydroxylation is 1. The number of nitrogens with zero attached hydrogens (tertiary/aromatic N) is 1. The second-order valence-electron chi connectivity index (χ2n) is 3.84. The van der Waals surface area contributed by atoms with E-state index in [1.54, 1.807) is 0 Å². The predicted octanol–water partition coefficient (Wildman–Crippen LogP) is 4.29. The van der Waals surface area contributed by atoms with Gasteiger partial charge in [0.05, 0.1) is 5.03 Å². The Morgan fingerprint density at radius 1 is 1.36 bits per heavy atom. The highest BCUT2D eigenvalue weighted by Crippen LogP contribution is 2.28. The molecule has 1 heterocycles. The molecular weight excluding hydrogens is 258 g/mol. The molecule has 0 fully saturated rings. The molecule has 1 aromatic rings. The minimum atomic E-state index is 0.614.